The van der Waals surface area contributed by atoms with Gasteiger partial charge in [-0.1, -0.05) is 48.5 Å². The van der Waals surface area contributed by atoms with E-state index in [0.29, 0.717) is 30.7 Å². The van der Waals surface area contributed by atoms with E-state index < -0.39 is 0 Å². The maximum Gasteiger partial charge on any atom is 0.229 e. The predicted octanol–water partition coefficient (Wildman–Crippen LogP) is 4.34. The van der Waals surface area contributed by atoms with Crippen molar-refractivity contribution in [3.63, 3.8) is 0 Å². The number of carbonyl (C=O) groups is 1. The Bertz CT molecular complexity index is 1250. The van der Waals surface area contributed by atoms with E-state index in [4.69, 9.17) is 9.47 Å². The summed E-state index contributed by atoms with van der Waals surface area (Å²) in [6.45, 7) is 2.87. The van der Waals surface area contributed by atoms with Crippen LogP contribution in [0.25, 0.3) is 10.8 Å². The second kappa shape index (κ2) is 8.10. The van der Waals surface area contributed by atoms with Crippen molar-refractivity contribution in [2.24, 2.45) is 0 Å². The minimum absolute atomic E-state index is 0.0836. The largest absolute Gasteiger partial charge is 0.490 e. The third kappa shape index (κ3) is 3.70. The Labute approximate surface area is 179 Å². The zero-order valence-corrected chi connectivity index (χ0v) is 17.1. The van der Waals surface area contributed by atoms with Crippen molar-refractivity contribution in [3.05, 3.63) is 78.1 Å². The summed E-state index contributed by atoms with van der Waals surface area (Å²) in [5, 5.41) is 9.37. The summed E-state index contributed by atoms with van der Waals surface area (Å²) in [5.74, 6) is 1.68. The second-order valence-electron chi connectivity index (χ2n) is 7.36. The van der Waals surface area contributed by atoms with Gasteiger partial charge >= 0.3 is 0 Å². The van der Waals surface area contributed by atoms with Crippen molar-refractivity contribution in [1.29, 1.82) is 0 Å². The van der Waals surface area contributed by atoms with Crippen LogP contribution in [-0.2, 0) is 11.4 Å². The second-order valence-corrected chi connectivity index (χ2v) is 7.36. The van der Waals surface area contributed by atoms with Crippen LogP contribution in [-0.4, -0.2) is 27.3 Å². The van der Waals surface area contributed by atoms with Crippen molar-refractivity contribution >= 4 is 22.6 Å². The van der Waals surface area contributed by atoms with Crippen LogP contribution in [0.5, 0.6) is 11.5 Å². The highest BCUT2D eigenvalue weighted by Crippen LogP contribution is 2.35. The van der Waals surface area contributed by atoms with Gasteiger partial charge in [0, 0.05) is 0 Å². The monoisotopic (exact) mass is 414 g/mol. The van der Waals surface area contributed by atoms with Crippen molar-refractivity contribution in [3.8, 4) is 11.5 Å². The zero-order valence-electron chi connectivity index (χ0n) is 17.1. The van der Waals surface area contributed by atoms with E-state index in [1.165, 1.54) is 17.1 Å². The number of amides is 1. The van der Waals surface area contributed by atoms with Gasteiger partial charge in [-0.25, -0.2) is 4.68 Å². The quantitative estimate of drug-likeness (QED) is 0.508. The molecule has 0 unspecified atom stereocenters. The lowest BCUT2D eigenvalue weighted by Crippen LogP contribution is -2.29. The Morgan fingerprint density at radius 2 is 1.94 bits per heavy atom. The summed E-state index contributed by atoms with van der Waals surface area (Å²) in [7, 11) is 0. The first-order valence-corrected chi connectivity index (χ1v) is 10.3. The molecule has 0 spiro atoms. The molecule has 1 atom stereocenters. The molecule has 1 amide bonds. The number of anilines is 1. The first-order chi connectivity index (χ1) is 15.2. The average molecular weight is 414 g/mol. The van der Waals surface area contributed by atoms with E-state index in [-0.39, 0.29) is 18.4 Å². The number of fused-ring (bicyclic) bond motifs is 2. The Morgan fingerprint density at radius 3 is 2.84 bits per heavy atom. The number of ether oxygens (including phenoxy) is 2. The molecule has 5 rings (SSSR count). The van der Waals surface area contributed by atoms with Crippen molar-refractivity contribution in [2.75, 3.05) is 11.9 Å². The molecule has 0 fully saturated rings. The van der Waals surface area contributed by atoms with Crippen LogP contribution in [0, 0.1) is 0 Å². The molecular weight excluding hydrogens is 392 g/mol. The lowest BCUT2D eigenvalue weighted by molar-refractivity contribution is -0.117. The summed E-state index contributed by atoms with van der Waals surface area (Å²) in [4.78, 5) is 16.2. The molecule has 0 saturated heterocycles. The molecule has 0 saturated carbocycles. The number of benzene rings is 3. The van der Waals surface area contributed by atoms with E-state index in [9.17, 15) is 4.79 Å². The number of hydrogen-bond acceptors (Lipinski definition) is 5. The van der Waals surface area contributed by atoms with Crippen molar-refractivity contribution < 1.29 is 14.3 Å². The molecule has 3 aromatic carbocycles. The third-order valence-corrected chi connectivity index (χ3v) is 5.41. The van der Waals surface area contributed by atoms with E-state index in [1.807, 2.05) is 43.3 Å². The van der Waals surface area contributed by atoms with Gasteiger partial charge in [-0.3, -0.25) is 10.1 Å². The maximum absolute atomic E-state index is 12.1. The lowest BCUT2D eigenvalue weighted by atomic mass is 10.0. The number of aromatic nitrogens is 3. The number of carbonyl (C=O) groups excluding carboxylic acids is 1. The fourth-order valence-corrected chi connectivity index (χ4v) is 3.96. The normalized spacial score (nSPS) is 15.4. The highest BCUT2D eigenvalue weighted by Gasteiger charge is 2.28. The van der Waals surface area contributed by atoms with Crippen LogP contribution in [0.2, 0.25) is 0 Å². The fourth-order valence-electron chi connectivity index (χ4n) is 3.96. The average Bonchev–Trinajstić information content (AvgIpc) is 3.26. The summed E-state index contributed by atoms with van der Waals surface area (Å²) in [6.07, 6.45) is 1.73. The molecule has 31 heavy (non-hydrogen) atoms. The van der Waals surface area contributed by atoms with E-state index >= 15 is 0 Å². The zero-order chi connectivity index (χ0) is 21.2. The molecule has 7 heteroatoms. The molecule has 0 radical (unpaired) electrons. The smallest absolute Gasteiger partial charge is 0.229 e. The number of rotatable bonds is 6. The van der Waals surface area contributed by atoms with Gasteiger partial charge in [0.2, 0.25) is 11.9 Å². The first kappa shape index (κ1) is 19.1. The molecule has 1 aliphatic rings. The number of nitrogens with one attached hydrogen (secondary N) is 1. The maximum atomic E-state index is 12.1. The minimum atomic E-state index is -0.238. The van der Waals surface area contributed by atoms with E-state index in [2.05, 4.69) is 39.7 Å². The molecule has 1 aromatic heterocycles. The lowest BCUT2D eigenvalue weighted by Gasteiger charge is -2.24. The topological polar surface area (TPSA) is 78.3 Å². The van der Waals surface area contributed by atoms with Gasteiger partial charge in [0.15, 0.2) is 11.5 Å². The van der Waals surface area contributed by atoms with Gasteiger partial charge in [-0.2, -0.15) is 10.1 Å². The van der Waals surface area contributed by atoms with Crippen LogP contribution >= 0.6 is 0 Å². The van der Waals surface area contributed by atoms with Crippen LogP contribution in [0.4, 0.5) is 5.95 Å². The standard InChI is InChI=1S/C24H22N4O3/c1-2-30-22-12-17(20-13-23(29)27-24-25-15-26-28(20)24)10-11-21(22)31-14-18-8-5-7-16-6-3-4-9-19(16)18/h3-12,15,20H,2,13-14H2,1H3,(H,25,26,27,29)/t20-/m0/s1. The fraction of sp³-hybridized carbons (Fsp3) is 0.208. The Hall–Kier alpha value is -3.87. The Morgan fingerprint density at radius 1 is 1.06 bits per heavy atom. The first-order valence-electron chi connectivity index (χ1n) is 10.3. The molecule has 4 aromatic rings. The van der Waals surface area contributed by atoms with Gasteiger partial charge in [0.05, 0.1) is 19.1 Å². The van der Waals surface area contributed by atoms with Crippen LogP contribution < -0.4 is 14.8 Å². The minimum Gasteiger partial charge on any atom is -0.490 e. The molecule has 0 bridgehead atoms. The molecule has 2 heterocycles. The van der Waals surface area contributed by atoms with E-state index in [1.54, 1.807) is 4.68 Å². The molecule has 1 aliphatic heterocycles. The van der Waals surface area contributed by atoms with Crippen LogP contribution in [0.1, 0.15) is 30.5 Å². The molecular formula is C24H22N4O3. The van der Waals surface area contributed by atoms with Crippen LogP contribution in [0.3, 0.4) is 0 Å². The van der Waals surface area contributed by atoms with Crippen molar-refractivity contribution in [2.45, 2.75) is 26.0 Å². The third-order valence-electron chi connectivity index (χ3n) is 5.41. The number of hydrogen-bond donors (Lipinski definition) is 1. The van der Waals surface area contributed by atoms with Crippen LogP contribution in [0.15, 0.2) is 67.0 Å². The summed E-state index contributed by atoms with van der Waals surface area (Å²) in [6, 6.07) is 20.0. The van der Waals surface area contributed by atoms with Gasteiger partial charge in [-0.15, -0.1) is 0 Å². The molecule has 156 valence electrons. The summed E-state index contributed by atoms with van der Waals surface area (Å²) in [5.41, 5.74) is 2.03. The van der Waals surface area contributed by atoms with Gasteiger partial charge in [0.1, 0.15) is 12.9 Å². The highest BCUT2D eigenvalue weighted by molar-refractivity contribution is 5.91. The van der Waals surface area contributed by atoms with Gasteiger partial charge < -0.3 is 9.47 Å². The SMILES string of the molecule is CCOc1cc([C@@H]2CC(=O)Nc3ncnn32)ccc1OCc1cccc2ccccc12. The highest BCUT2D eigenvalue weighted by atomic mass is 16.5. The van der Waals surface area contributed by atoms with E-state index in [0.717, 1.165) is 11.1 Å². The molecule has 1 N–H and O–H groups in total. The summed E-state index contributed by atoms with van der Waals surface area (Å²) >= 11 is 0. The van der Waals surface area contributed by atoms with Crippen molar-refractivity contribution in [1.82, 2.24) is 14.8 Å². The number of nitrogens with zero attached hydrogens (tertiary/aromatic N) is 3. The van der Waals surface area contributed by atoms with Gasteiger partial charge in [-0.05, 0) is 41.0 Å². The molecule has 0 aliphatic carbocycles. The Balaban J connectivity index is 1.43. The predicted molar refractivity (Wildman–Crippen MR) is 117 cm³/mol. The molecule has 7 nitrogen and oxygen atoms in total. The Kier molecular flexibility index (Phi) is 5.00. The summed E-state index contributed by atoms with van der Waals surface area (Å²) < 4.78 is 13.8. The van der Waals surface area contributed by atoms with Gasteiger partial charge in [0.25, 0.3) is 0 Å².